The molecule has 0 heterocycles. The molecule has 1 aromatic carbocycles. The number of aliphatic hydroxyl groups excluding tert-OH is 1. The molecule has 0 fully saturated rings. The van der Waals surface area contributed by atoms with Crippen molar-refractivity contribution in [3.05, 3.63) is 29.8 Å². The summed E-state index contributed by atoms with van der Waals surface area (Å²) in [6.07, 6.45) is 1.82. The van der Waals surface area contributed by atoms with Gasteiger partial charge in [0.2, 0.25) is 0 Å². The second kappa shape index (κ2) is 6.06. The SMILES string of the molecule is C[C@@H](O)c1ccc(OCCCC(C)(C)C)cc1. The number of hydrogen-bond acceptors (Lipinski definition) is 2. The maximum atomic E-state index is 9.38. The second-order valence-corrected chi connectivity index (χ2v) is 5.76. The second-order valence-electron chi connectivity index (χ2n) is 5.76. The fraction of sp³-hybridized carbons (Fsp3) is 0.600. The van der Waals surface area contributed by atoms with Crippen LogP contribution in [0.25, 0.3) is 0 Å². The molecule has 1 rings (SSSR count). The fourth-order valence-corrected chi connectivity index (χ4v) is 1.64. The Labute approximate surface area is 105 Å². The Morgan fingerprint density at radius 3 is 2.24 bits per heavy atom. The van der Waals surface area contributed by atoms with Crippen molar-refractivity contribution in [2.45, 2.75) is 46.6 Å². The van der Waals surface area contributed by atoms with Crippen LogP contribution in [-0.2, 0) is 0 Å². The minimum atomic E-state index is -0.412. The average Bonchev–Trinajstić information content (AvgIpc) is 2.24. The average molecular weight is 236 g/mol. The molecular weight excluding hydrogens is 212 g/mol. The summed E-state index contributed by atoms with van der Waals surface area (Å²) in [4.78, 5) is 0. The molecule has 0 amide bonds. The minimum absolute atomic E-state index is 0.375. The van der Waals surface area contributed by atoms with E-state index in [4.69, 9.17) is 4.74 Å². The van der Waals surface area contributed by atoms with Crippen LogP contribution in [0.15, 0.2) is 24.3 Å². The summed E-state index contributed by atoms with van der Waals surface area (Å²) in [7, 11) is 0. The zero-order valence-electron chi connectivity index (χ0n) is 11.4. The van der Waals surface area contributed by atoms with Gasteiger partial charge in [0.05, 0.1) is 12.7 Å². The minimum Gasteiger partial charge on any atom is -0.494 e. The van der Waals surface area contributed by atoms with Crippen molar-refractivity contribution in [3.8, 4) is 5.75 Å². The molecule has 0 aliphatic carbocycles. The maximum Gasteiger partial charge on any atom is 0.119 e. The molecule has 17 heavy (non-hydrogen) atoms. The van der Waals surface area contributed by atoms with E-state index in [1.165, 1.54) is 6.42 Å². The van der Waals surface area contributed by atoms with Gasteiger partial charge in [-0.25, -0.2) is 0 Å². The Hall–Kier alpha value is -1.02. The van der Waals surface area contributed by atoms with Gasteiger partial charge in [0, 0.05) is 0 Å². The molecule has 0 radical (unpaired) electrons. The van der Waals surface area contributed by atoms with E-state index in [9.17, 15) is 5.11 Å². The molecule has 0 aliphatic heterocycles. The van der Waals surface area contributed by atoms with Gasteiger partial charge in [0.1, 0.15) is 5.75 Å². The molecule has 0 spiro atoms. The summed E-state index contributed by atoms with van der Waals surface area (Å²) >= 11 is 0. The van der Waals surface area contributed by atoms with Gasteiger partial charge in [-0.1, -0.05) is 32.9 Å². The number of ether oxygens (including phenoxy) is 1. The molecular formula is C15H24O2. The van der Waals surface area contributed by atoms with Gasteiger partial charge in [-0.05, 0) is 42.9 Å². The highest BCUT2D eigenvalue weighted by atomic mass is 16.5. The molecule has 2 nitrogen and oxygen atoms in total. The van der Waals surface area contributed by atoms with E-state index < -0.39 is 6.10 Å². The third-order valence-electron chi connectivity index (χ3n) is 2.70. The topological polar surface area (TPSA) is 29.5 Å². The van der Waals surface area contributed by atoms with Gasteiger partial charge >= 0.3 is 0 Å². The highest BCUT2D eigenvalue weighted by molar-refractivity contribution is 5.28. The molecule has 1 atom stereocenters. The Morgan fingerprint density at radius 1 is 1.18 bits per heavy atom. The summed E-state index contributed by atoms with van der Waals surface area (Å²) < 4.78 is 5.65. The van der Waals surface area contributed by atoms with Gasteiger partial charge in [0.15, 0.2) is 0 Å². The number of benzene rings is 1. The van der Waals surface area contributed by atoms with Crippen LogP contribution in [0.5, 0.6) is 5.75 Å². The smallest absolute Gasteiger partial charge is 0.119 e. The van der Waals surface area contributed by atoms with Crippen molar-refractivity contribution < 1.29 is 9.84 Å². The molecule has 2 heteroatoms. The Morgan fingerprint density at radius 2 is 1.76 bits per heavy atom. The number of hydrogen-bond donors (Lipinski definition) is 1. The molecule has 0 saturated carbocycles. The zero-order chi connectivity index (χ0) is 12.9. The quantitative estimate of drug-likeness (QED) is 0.784. The summed E-state index contributed by atoms with van der Waals surface area (Å²) in [6, 6.07) is 7.64. The predicted molar refractivity (Wildman–Crippen MR) is 71.3 cm³/mol. The summed E-state index contributed by atoms with van der Waals surface area (Å²) in [6.45, 7) is 9.24. The maximum absolute atomic E-state index is 9.38. The van der Waals surface area contributed by atoms with E-state index in [-0.39, 0.29) is 0 Å². The monoisotopic (exact) mass is 236 g/mol. The molecule has 0 aliphatic rings. The normalized spacial score (nSPS) is 13.5. The zero-order valence-corrected chi connectivity index (χ0v) is 11.4. The molecule has 0 unspecified atom stereocenters. The highest BCUT2D eigenvalue weighted by Gasteiger charge is 2.09. The number of aliphatic hydroxyl groups is 1. The Balaban J connectivity index is 2.33. The van der Waals surface area contributed by atoms with Crippen molar-refractivity contribution in [1.29, 1.82) is 0 Å². The Bertz CT molecular complexity index is 320. The van der Waals surface area contributed by atoms with Crippen molar-refractivity contribution in [2.24, 2.45) is 5.41 Å². The largest absolute Gasteiger partial charge is 0.494 e. The van der Waals surface area contributed by atoms with Crippen LogP contribution in [0.3, 0.4) is 0 Å². The van der Waals surface area contributed by atoms with E-state index >= 15 is 0 Å². The van der Waals surface area contributed by atoms with Crippen LogP contribution in [0.1, 0.15) is 52.2 Å². The lowest BCUT2D eigenvalue weighted by atomic mass is 9.91. The van der Waals surface area contributed by atoms with E-state index in [1.54, 1.807) is 6.92 Å². The molecule has 96 valence electrons. The van der Waals surface area contributed by atoms with Crippen LogP contribution in [0, 0.1) is 5.41 Å². The predicted octanol–water partition coefficient (Wildman–Crippen LogP) is 3.95. The molecule has 1 N–H and O–H groups in total. The standard InChI is InChI=1S/C15H24O2/c1-12(16)13-6-8-14(9-7-13)17-11-5-10-15(2,3)4/h6-9,12,16H,5,10-11H2,1-4H3/t12-/m1/s1. The lowest BCUT2D eigenvalue weighted by Gasteiger charge is -2.17. The van der Waals surface area contributed by atoms with Gasteiger partial charge < -0.3 is 9.84 Å². The van der Waals surface area contributed by atoms with Crippen LogP contribution in [-0.4, -0.2) is 11.7 Å². The molecule has 0 bridgehead atoms. The Kier molecular flexibility index (Phi) is 5.01. The van der Waals surface area contributed by atoms with Crippen molar-refractivity contribution in [1.82, 2.24) is 0 Å². The summed E-state index contributed by atoms with van der Waals surface area (Å²) in [5.41, 5.74) is 1.30. The highest BCUT2D eigenvalue weighted by Crippen LogP contribution is 2.21. The third kappa shape index (κ3) is 5.73. The lowest BCUT2D eigenvalue weighted by molar-refractivity contribution is 0.199. The first-order chi connectivity index (χ1) is 7.88. The van der Waals surface area contributed by atoms with Gasteiger partial charge in [-0.15, -0.1) is 0 Å². The van der Waals surface area contributed by atoms with E-state index in [2.05, 4.69) is 20.8 Å². The van der Waals surface area contributed by atoms with E-state index in [0.717, 1.165) is 24.3 Å². The first-order valence-corrected chi connectivity index (χ1v) is 6.29. The fourth-order valence-electron chi connectivity index (χ4n) is 1.64. The first kappa shape index (κ1) is 14.0. The van der Waals surface area contributed by atoms with Crippen LogP contribution < -0.4 is 4.74 Å². The summed E-state index contributed by atoms with van der Waals surface area (Å²) in [5, 5.41) is 9.38. The van der Waals surface area contributed by atoms with Crippen molar-refractivity contribution in [2.75, 3.05) is 6.61 Å². The van der Waals surface area contributed by atoms with Crippen LogP contribution in [0.2, 0.25) is 0 Å². The van der Waals surface area contributed by atoms with E-state index in [0.29, 0.717) is 5.41 Å². The third-order valence-corrected chi connectivity index (χ3v) is 2.70. The van der Waals surface area contributed by atoms with Crippen molar-refractivity contribution in [3.63, 3.8) is 0 Å². The van der Waals surface area contributed by atoms with Gasteiger partial charge in [0.25, 0.3) is 0 Å². The first-order valence-electron chi connectivity index (χ1n) is 6.29. The van der Waals surface area contributed by atoms with Crippen molar-refractivity contribution >= 4 is 0 Å². The van der Waals surface area contributed by atoms with Crippen LogP contribution >= 0.6 is 0 Å². The summed E-state index contributed by atoms with van der Waals surface area (Å²) in [5.74, 6) is 0.878. The molecule has 0 aromatic heterocycles. The van der Waals surface area contributed by atoms with Crippen LogP contribution in [0.4, 0.5) is 0 Å². The molecule has 0 saturated heterocycles. The number of rotatable bonds is 5. The lowest BCUT2D eigenvalue weighted by Crippen LogP contribution is -2.07. The molecule has 1 aromatic rings. The van der Waals surface area contributed by atoms with Gasteiger partial charge in [-0.2, -0.15) is 0 Å². The van der Waals surface area contributed by atoms with Gasteiger partial charge in [-0.3, -0.25) is 0 Å². The van der Waals surface area contributed by atoms with E-state index in [1.807, 2.05) is 24.3 Å².